The molecule has 0 N–H and O–H groups in total. The fourth-order valence-corrected chi connectivity index (χ4v) is 4.61. The summed E-state index contributed by atoms with van der Waals surface area (Å²) in [5.74, 6) is 0.444. The molecule has 2 unspecified atom stereocenters. The summed E-state index contributed by atoms with van der Waals surface area (Å²) in [6.45, 7) is 7.07. The van der Waals surface area contributed by atoms with Crippen LogP contribution in [0.2, 0.25) is 0 Å². The summed E-state index contributed by atoms with van der Waals surface area (Å²) in [6.07, 6.45) is 4.70. The summed E-state index contributed by atoms with van der Waals surface area (Å²) in [5, 5.41) is 0. The monoisotopic (exact) mass is 382 g/mol. The molecule has 2 aromatic carbocycles. The van der Waals surface area contributed by atoms with Gasteiger partial charge in [-0.15, -0.1) is 0 Å². The Morgan fingerprint density at radius 2 is 1.93 bits per heavy atom. The Bertz CT molecular complexity index is 768. The topological polar surface area (TPSA) is 15.7 Å². The average Bonchev–Trinajstić information content (AvgIpc) is 3.18. The fourth-order valence-electron chi connectivity index (χ4n) is 4.61. The lowest BCUT2D eigenvalue weighted by Gasteiger charge is -2.45. The van der Waals surface area contributed by atoms with Crippen LogP contribution < -0.4 is 4.90 Å². The molecule has 0 aliphatic carbocycles. The molecule has 150 valence electrons. The average molecular weight is 383 g/mol. The number of anilines is 1. The van der Waals surface area contributed by atoms with E-state index in [9.17, 15) is 4.39 Å². The Morgan fingerprint density at radius 3 is 2.75 bits per heavy atom. The van der Waals surface area contributed by atoms with E-state index in [0.29, 0.717) is 12.5 Å². The predicted octanol–water partition coefficient (Wildman–Crippen LogP) is 5.07. The number of hydrogen-bond donors (Lipinski definition) is 0. The zero-order valence-corrected chi connectivity index (χ0v) is 16.8. The summed E-state index contributed by atoms with van der Waals surface area (Å²) < 4.78 is 20.0. The number of benzene rings is 2. The lowest BCUT2D eigenvalue weighted by atomic mass is 9.97. The second-order valence-corrected chi connectivity index (χ2v) is 8.43. The first-order valence-electron chi connectivity index (χ1n) is 10.6. The van der Waals surface area contributed by atoms with Crippen LogP contribution in [0.15, 0.2) is 54.6 Å². The molecule has 2 aliphatic rings. The van der Waals surface area contributed by atoms with Crippen molar-refractivity contribution in [2.75, 3.05) is 31.1 Å². The summed E-state index contributed by atoms with van der Waals surface area (Å²) in [7, 11) is 0. The minimum Gasteiger partial charge on any atom is -0.371 e. The van der Waals surface area contributed by atoms with E-state index >= 15 is 0 Å². The van der Waals surface area contributed by atoms with Gasteiger partial charge in [0.1, 0.15) is 11.5 Å². The van der Waals surface area contributed by atoms with Crippen molar-refractivity contribution in [3.05, 3.63) is 66.0 Å². The van der Waals surface area contributed by atoms with Crippen LogP contribution >= 0.6 is 0 Å². The highest BCUT2D eigenvalue weighted by Crippen LogP contribution is 2.33. The largest absolute Gasteiger partial charge is 0.371 e. The molecule has 4 rings (SSSR count). The first-order chi connectivity index (χ1) is 13.6. The molecule has 2 atom stereocenters. The minimum absolute atomic E-state index is 0.154. The molecule has 2 saturated heterocycles. The first kappa shape index (κ1) is 19.4. The van der Waals surface area contributed by atoms with Gasteiger partial charge in [-0.25, -0.2) is 4.39 Å². The van der Waals surface area contributed by atoms with Crippen molar-refractivity contribution < 1.29 is 9.13 Å². The highest BCUT2D eigenvalue weighted by Gasteiger charge is 2.37. The Labute approximate surface area is 168 Å². The van der Waals surface area contributed by atoms with Crippen molar-refractivity contribution in [1.29, 1.82) is 0 Å². The van der Waals surface area contributed by atoms with Crippen molar-refractivity contribution in [1.82, 2.24) is 4.90 Å². The molecular weight excluding hydrogens is 351 g/mol. The van der Waals surface area contributed by atoms with Crippen molar-refractivity contribution in [3.63, 3.8) is 0 Å². The number of halogens is 1. The molecule has 2 heterocycles. The molecule has 2 fully saturated rings. The Hall–Kier alpha value is -1.91. The van der Waals surface area contributed by atoms with Crippen LogP contribution in [0.3, 0.4) is 0 Å². The molecule has 2 aromatic rings. The van der Waals surface area contributed by atoms with E-state index in [-0.39, 0.29) is 11.5 Å². The molecular formula is C24H31FN2O. The third-order valence-corrected chi connectivity index (χ3v) is 6.32. The van der Waals surface area contributed by atoms with Gasteiger partial charge in [0, 0.05) is 31.9 Å². The van der Waals surface area contributed by atoms with E-state index < -0.39 is 0 Å². The van der Waals surface area contributed by atoms with Crippen LogP contribution in [0.25, 0.3) is 0 Å². The third kappa shape index (κ3) is 4.56. The maximum absolute atomic E-state index is 13.6. The normalized spacial score (nSPS) is 25.9. The van der Waals surface area contributed by atoms with Crippen LogP contribution in [0.4, 0.5) is 10.1 Å². The van der Waals surface area contributed by atoms with Gasteiger partial charge in [-0.05, 0) is 62.3 Å². The molecule has 0 amide bonds. The first-order valence-corrected chi connectivity index (χ1v) is 10.6. The van der Waals surface area contributed by atoms with Gasteiger partial charge in [0.15, 0.2) is 0 Å². The highest BCUT2D eigenvalue weighted by atomic mass is 19.1. The lowest BCUT2D eigenvalue weighted by Crippen LogP contribution is -2.53. The molecule has 4 heteroatoms. The van der Waals surface area contributed by atoms with E-state index in [1.165, 1.54) is 24.5 Å². The van der Waals surface area contributed by atoms with Crippen molar-refractivity contribution in [2.24, 2.45) is 5.92 Å². The maximum Gasteiger partial charge on any atom is 0.125 e. The zero-order valence-electron chi connectivity index (χ0n) is 16.8. The van der Waals surface area contributed by atoms with Crippen LogP contribution in [0.1, 0.15) is 38.2 Å². The summed E-state index contributed by atoms with van der Waals surface area (Å²) in [5.41, 5.74) is 2.04. The molecule has 0 aromatic heterocycles. The maximum atomic E-state index is 13.6. The van der Waals surface area contributed by atoms with Crippen LogP contribution in [-0.4, -0.2) is 36.8 Å². The second kappa shape index (κ2) is 8.62. The lowest BCUT2D eigenvalue weighted by molar-refractivity contribution is -0.174. The number of nitrogens with zero attached hydrogens (tertiary/aromatic N) is 2. The number of ether oxygens (including phenoxy) is 1. The predicted molar refractivity (Wildman–Crippen MR) is 112 cm³/mol. The second-order valence-electron chi connectivity index (χ2n) is 8.43. The van der Waals surface area contributed by atoms with Gasteiger partial charge in [0.25, 0.3) is 0 Å². The Kier molecular flexibility index (Phi) is 5.98. The van der Waals surface area contributed by atoms with Crippen LogP contribution in [-0.2, 0) is 11.3 Å². The minimum atomic E-state index is -0.194. The summed E-state index contributed by atoms with van der Waals surface area (Å²) >= 11 is 0. The van der Waals surface area contributed by atoms with Gasteiger partial charge in [0.05, 0.1) is 6.61 Å². The summed E-state index contributed by atoms with van der Waals surface area (Å²) in [6, 6.07) is 17.4. The number of rotatable bonds is 6. The van der Waals surface area contributed by atoms with Crippen molar-refractivity contribution in [2.45, 2.75) is 44.9 Å². The smallest absolute Gasteiger partial charge is 0.125 e. The van der Waals surface area contributed by atoms with Gasteiger partial charge in [-0.2, -0.15) is 0 Å². The van der Waals surface area contributed by atoms with Gasteiger partial charge in [-0.3, -0.25) is 4.90 Å². The van der Waals surface area contributed by atoms with E-state index in [0.717, 1.165) is 44.7 Å². The van der Waals surface area contributed by atoms with Crippen molar-refractivity contribution in [3.8, 4) is 0 Å². The van der Waals surface area contributed by atoms with Crippen LogP contribution in [0, 0.1) is 11.7 Å². The molecule has 0 radical (unpaired) electrons. The molecule has 0 saturated carbocycles. The van der Waals surface area contributed by atoms with E-state index in [2.05, 4.69) is 41.0 Å². The third-order valence-electron chi connectivity index (χ3n) is 6.32. The summed E-state index contributed by atoms with van der Waals surface area (Å²) in [4.78, 5) is 4.87. The Morgan fingerprint density at radius 1 is 1.07 bits per heavy atom. The SMILES string of the molecule is CC1(OCc2ccccc2)CCCCN1CC1CCN(c2cccc(F)c2)C1. The quantitative estimate of drug-likeness (QED) is 0.694. The van der Waals surface area contributed by atoms with Crippen molar-refractivity contribution >= 4 is 5.69 Å². The van der Waals surface area contributed by atoms with Gasteiger partial charge in [-0.1, -0.05) is 36.4 Å². The molecule has 0 spiro atoms. The van der Waals surface area contributed by atoms with E-state index in [1.54, 1.807) is 12.1 Å². The number of hydrogen-bond acceptors (Lipinski definition) is 3. The van der Waals surface area contributed by atoms with Gasteiger partial charge in [0.2, 0.25) is 0 Å². The highest BCUT2D eigenvalue weighted by molar-refractivity contribution is 5.47. The number of likely N-dealkylation sites (tertiary alicyclic amines) is 1. The molecule has 0 bridgehead atoms. The zero-order chi connectivity index (χ0) is 19.4. The number of piperidine rings is 1. The van der Waals surface area contributed by atoms with E-state index in [4.69, 9.17) is 4.74 Å². The molecule has 28 heavy (non-hydrogen) atoms. The standard InChI is InChI=1S/C24H31FN2O/c1-24(28-19-20-8-3-2-4-9-20)13-5-6-14-27(24)18-21-12-15-26(17-21)23-11-7-10-22(25)16-23/h2-4,7-11,16,21H,5-6,12-15,17-19H2,1H3. The van der Waals surface area contributed by atoms with Gasteiger partial charge >= 0.3 is 0 Å². The molecule has 2 aliphatic heterocycles. The fraction of sp³-hybridized carbons (Fsp3) is 0.500. The molecule has 3 nitrogen and oxygen atoms in total. The van der Waals surface area contributed by atoms with E-state index in [1.807, 2.05) is 12.1 Å². The van der Waals surface area contributed by atoms with Gasteiger partial charge < -0.3 is 9.64 Å². The Balaban J connectivity index is 1.37. The van der Waals surface area contributed by atoms with Crippen LogP contribution in [0.5, 0.6) is 0 Å².